The molecule has 0 bridgehead atoms. The first kappa shape index (κ1) is 8.90. The van der Waals surface area contributed by atoms with Crippen LogP contribution in [0.15, 0.2) is 0 Å². The Morgan fingerprint density at radius 3 is 2.69 bits per heavy atom. The van der Waals surface area contributed by atoms with E-state index in [4.69, 9.17) is 5.73 Å². The molecule has 1 saturated heterocycles. The predicted octanol–water partition coefficient (Wildman–Crippen LogP) is -0.659. The smallest absolute Gasteiger partial charge is 0.203 e. The summed E-state index contributed by atoms with van der Waals surface area (Å²) in [5.41, 5.74) is 5.50. The van der Waals surface area contributed by atoms with E-state index >= 15 is 0 Å². The molecule has 2 rings (SSSR count). The molecule has 1 aromatic rings. The van der Waals surface area contributed by atoms with Crippen molar-refractivity contribution in [2.24, 2.45) is 0 Å². The summed E-state index contributed by atoms with van der Waals surface area (Å²) in [6, 6.07) is 0. The highest BCUT2D eigenvalue weighted by molar-refractivity contribution is 7.15. The molecule has 0 saturated carbocycles. The van der Waals surface area contributed by atoms with Gasteiger partial charge in [-0.1, -0.05) is 11.3 Å². The summed E-state index contributed by atoms with van der Waals surface area (Å²) < 4.78 is 0. The molecule has 72 valence electrons. The number of quaternary nitrogens is 1. The van der Waals surface area contributed by atoms with Crippen LogP contribution < -0.4 is 10.6 Å². The Morgan fingerprint density at radius 1 is 1.31 bits per heavy atom. The Hall–Kier alpha value is -0.680. The van der Waals surface area contributed by atoms with Gasteiger partial charge in [-0.25, -0.2) is 0 Å². The van der Waals surface area contributed by atoms with Gasteiger partial charge in [0.15, 0.2) is 0 Å². The minimum atomic E-state index is 0.589. The standard InChI is InChI=1S/C8H14N4S/c9-8-11-10-7(13-8)3-6-12-4-1-2-5-12/h1-6H2,(H2,9,11)/p+1. The highest BCUT2D eigenvalue weighted by Crippen LogP contribution is 2.10. The van der Waals surface area contributed by atoms with E-state index in [0.29, 0.717) is 5.13 Å². The number of aromatic nitrogens is 2. The third-order valence-electron chi connectivity index (χ3n) is 2.49. The van der Waals surface area contributed by atoms with Crippen molar-refractivity contribution in [1.29, 1.82) is 0 Å². The van der Waals surface area contributed by atoms with Gasteiger partial charge in [-0.3, -0.25) is 0 Å². The fourth-order valence-corrected chi connectivity index (χ4v) is 2.39. The van der Waals surface area contributed by atoms with Crippen molar-refractivity contribution in [3.05, 3.63) is 5.01 Å². The maximum atomic E-state index is 5.50. The first-order valence-corrected chi connectivity index (χ1v) is 5.57. The molecule has 0 unspecified atom stereocenters. The lowest BCUT2D eigenvalue weighted by molar-refractivity contribution is -0.887. The number of hydrogen-bond donors (Lipinski definition) is 2. The zero-order chi connectivity index (χ0) is 9.10. The van der Waals surface area contributed by atoms with Crippen LogP contribution in [-0.2, 0) is 6.42 Å². The van der Waals surface area contributed by atoms with Crippen molar-refractivity contribution in [2.45, 2.75) is 19.3 Å². The highest BCUT2D eigenvalue weighted by atomic mass is 32.1. The van der Waals surface area contributed by atoms with Crippen LogP contribution in [0.2, 0.25) is 0 Å². The van der Waals surface area contributed by atoms with Gasteiger partial charge in [-0.2, -0.15) is 0 Å². The SMILES string of the molecule is Nc1nnc(CC[NH+]2CCCC2)s1. The Morgan fingerprint density at radius 2 is 2.08 bits per heavy atom. The highest BCUT2D eigenvalue weighted by Gasteiger charge is 2.15. The van der Waals surface area contributed by atoms with Crippen LogP contribution in [-0.4, -0.2) is 29.8 Å². The maximum absolute atomic E-state index is 5.50. The Kier molecular flexibility index (Phi) is 2.75. The van der Waals surface area contributed by atoms with E-state index in [-0.39, 0.29) is 0 Å². The number of nitrogens with zero attached hydrogens (tertiary/aromatic N) is 2. The molecule has 13 heavy (non-hydrogen) atoms. The molecule has 1 fully saturated rings. The van der Waals surface area contributed by atoms with Crippen LogP contribution in [0.1, 0.15) is 17.8 Å². The molecule has 0 atom stereocenters. The summed E-state index contributed by atoms with van der Waals surface area (Å²) in [6.07, 6.45) is 3.80. The van der Waals surface area contributed by atoms with E-state index < -0.39 is 0 Å². The van der Waals surface area contributed by atoms with Crippen LogP contribution in [0.25, 0.3) is 0 Å². The summed E-state index contributed by atoms with van der Waals surface area (Å²) >= 11 is 1.51. The minimum Gasteiger partial charge on any atom is -0.374 e. The van der Waals surface area contributed by atoms with Gasteiger partial charge in [0, 0.05) is 12.8 Å². The molecule has 0 radical (unpaired) electrons. The van der Waals surface area contributed by atoms with Gasteiger partial charge in [-0.15, -0.1) is 10.2 Å². The first-order chi connectivity index (χ1) is 6.34. The molecule has 1 aliphatic heterocycles. The summed E-state index contributed by atoms with van der Waals surface area (Å²) in [7, 11) is 0. The van der Waals surface area contributed by atoms with Crippen LogP contribution in [0, 0.1) is 0 Å². The number of likely N-dealkylation sites (tertiary alicyclic amines) is 1. The number of anilines is 1. The van der Waals surface area contributed by atoms with Crippen molar-refractivity contribution < 1.29 is 4.90 Å². The topological polar surface area (TPSA) is 56.2 Å². The van der Waals surface area contributed by atoms with Gasteiger partial charge in [0.05, 0.1) is 26.1 Å². The van der Waals surface area contributed by atoms with Crippen molar-refractivity contribution in [3.63, 3.8) is 0 Å². The fraction of sp³-hybridized carbons (Fsp3) is 0.750. The third-order valence-corrected chi connectivity index (χ3v) is 3.30. The monoisotopic (exact) mass is 199 g/mol. The second-order valence-electron chi connectivity index (χ2n) is 3.49. The van der Waals surface area contributed by atoms with Gasteiger partial charge in [0.2, 0.25) is 5.13 Å². The molecule has 1 aliphatic rings. The largest absolute Gasteiger partial charge is 0.374 e. The quantitative estimate of drug-likeness (QED) is 0.679. The van der Waals surface area contributed by atoms with E-state index in [1.165, 1.54) is 43.8 Å². The molecular weight excluding hydrogens is 184 g/mol. The summed E-state index contributed by atoms with van der Waals surface area (Å²) in [5.74, 6) is 0. The summed E-state index contributed by atoms with van der Waals surface area (Å²) in [5, 5.41) is 9.48. The van der Waals surface area contributed by atoms with E-state index in [9.17, 15) is 0 Å². The molecule has 5 heteroatoms. The Balaban J connectivity index is 1.78. The van der Waals surface area contributed by atoms with E-state index in [1.807, 2.05) is 0 Å². The molecular formula is C8H15N4S+. The number of hydrogen-bond acceptors (Lipinski definition) is 4. The molecule has 0 amide bonds. The number of nitrogens with one attached hydrogen (secondary N) is 1. The number of nitrogens with two attached hydrogens (primary N) is 1. The number of rotatable bonds is 3. The summed E-state index contributed by atoms with van der Waals surface area (Å²) in [4.78, 5) is 1.70. The van der Waals surface area contributed by atoms with Gasteiger partial charge in [0.25, 0.3) is 0 Å². The van der Waals surface area contributed by atoms with Crippen molar-refractivity contribution in [2.75, 3.05) is 25.4 Å². The zero-order valence-electron chi connectivity index (χ0n) is 7.62. The average molecular weight is 199 g/mol. The summed E-state index contributed by atoms with van der Waals surface area (Å²) in [6.45, 7) is 3.84. The average Bonchev–Trinajstić information content (AvgIpc) is 2.71. The molecule has 3 N–H and O–H groups in total. The Labute approximate surface area is 81.8 Å². The second-order valence-corrected chi connectivity index (χ2v) is 4.58. The maximum Gasteiger partial charge on any atom is 0.203 e. The fourth-order valence-electron chi connectivity index (χ4n) is 1.78. The minimum absolute atomic E-state index is 0.589. The molecule has 1 aromatic heterocycles. The van der Waals surface area contributed by atoms with Gasteiger partial charge in [-0.05, 0) is 0 Å². The van der Waals surface area contributed by atoms with Crippen LogP contribution in [0.5, 0.6) is 0 Å². The lowest BCUT2D eigenvalue weighted by atomic mass is 10.4. The molecule has 0 spiro atoms. The Bertz CT molecular complexity index is 267. The van der Waals surface area contributed by atoms with E-state index in [2.05, 4.69) is 10.2 Å². The zero-order valence-corrected chi connectivity index (χ0v) is 8.44. The van der Waals surface area contributed by atoms with Gasteiger partial charge >= 0.3 is 0 Å². The first-order valence-electron chi connectivity index (χ1n) is 4.76. The normalized spacial score (nSPS) is 18.2. The third kappa shape index (κ3) is 2.38. The second kappa shape index (κ2) is 4.02. The lowest BCUT2D eigenvalue weighted by Crippen LogP contribution is -3.10. The molecule has 0 aliphatic carbocycles. The number of nitrogen functional groups attached to an aromatic ring is 1. The molecule has 0 aromatic carbocycles. The van der Waals surface area contributed by atoms with Crippen LogP contribution >= 0.6 is 11.3 Å². The van der Waals surface area contributed by atoms with Crippen LogP contribution in [0.4, 0.5) is 5.13 Å². The van der Waals surface area contributed by atoms with Gasteiger partial charge < -0.3 is 10.6 Å². The van der Waals surface area contributed by atoms with Crippen LogP contribution in [0.3, 0.4) is 0 Å². The van der Waals surface area contributed by atoms with Crippen molar-refractivity contribution >= 4 is 16.5 Å². The van der Waals surface area contributed by atoms with Crippen molar-refractivity contribution in [3.8, 4) is 0 Å². The predicted molar refractivity (Wildman–Crippen MR) is 52.8 cm³/mol. The van der Waals surface area contributed by atoms with E-state index in [1.54, 1.807) is 4.90 Å². The lowest BCUT2D eigenvalue weighted by Gasteiger charge is -2.09. The molecule has 2 heterocycles. The van der Waals surface area contributed by atoms with E-state index in [0.717, 1.165) is 11.4 Å². The molecule has 4 nitrogen and oxygen atoms in total. The van der Waals surface area contributed by atoms with Gasteiger partial charge in [0.1, 0.15) is 5.01 Å². The van der Waals surface area contributed by atoms with Crippen molar-refractivity contribution in [1.82, 2.24) is 10.2 Å².